The number of benzene rings is 3. The smallest absolute Gasteiger partial charge is 0.407 e. The van der Waals surface area contributed by atoms with Crippen LogP contribution in [0.1, 0.15) is 36.0 Å². The van der Waals surface area contributed by atoms with Gasteiger partial charge >= 0.3 is 12.1 Å². The molecule has 3 aromatic rings. The van der Waals surface area contributed by atoms with E-state index in [9.17, 15) is 19.1 Å². The number of carbonyl (C=O) groups is 2. The van der Waals surface area contributed by atoms with Crippen molar-refractivity contribution in [3.63, 3.8) is 0 Å². The monoisotopic (exact) mass is 511 g/mol. The highest BCUT2D eigenvalue weighted by atomic mass is 79.9. The lowest BCUT2D eigenvalue weighted by Crippen LogP contribution is -2.40. The van der Waals surface area contributed by atoms with E-state index >= 15 is 0 Å². The molecule has 0 saturated heterocycles. The maximum atomic E-state index is 13.7. The van der Waals surface area contributed by atoms with Crippen molar-refractivity contribution in [2.24, 2.45) is 0 Å². The fourth-order valence-electron chi connectivity index (χ4n) is 4.39. The predicted molar refractivity (Wildman–Crippen MR) is 127 cm³/mol. The van der Waals surface area contributed by atoms with E-state index in [-0.39, 0.29) is 30.0 Å². The number of amides is 1. The Labute approximate surface area is 199 Å². The van der Waals surface area contributed by atoms with Gasteiger partial charge in [0, 0.05) is 17.9 Å². The van der Waals surface area contributed by atoms with Crippen LogP contribution in [0.5, 0.6) is 0 Å². The minimum Gasteiger partial charge on any atom is -0.481 e. The molecule has 1 aliphatic carbocycles. The van der Waals surface area contributed by atoms with E-state index in [0.717, 1.165) is 22.3 Å². The third-order valence-corrected chi connectivity index (χ3v) is 6.73. The topological polar surface area (TPSA) is 75.6 Å². The second-order valence-electron chi connectivity index (χ2n) is 8.44. The maximum Gasteiger partial charge on any atom is 0.407 e. The number of fused-ring (bicyclic) bond motifs is 3. The number of nitrogens with one attached hydrogen (secondary N) is 1. The summed E-state index contributed by atoms with van der Waals surface area (Å²) in [5.74, 6) is -1.53. The first-order valence-electron chi connectivity index (χ1n) is 10.5. The summed E-state index contributed by atoms with van der Waals surface area (Å²) in [7, 11) is 0. The first kappa shape index (κ1) is 23.0. The summed E-state index contributed by atoms with van der Waals surface area (Å²) in [6.45, 7) is 1.90. The molecule has 3 aromatic carbocycles. The summed E-state index contributed by atoms with van der Waals surface area (Å²) in [6.07, 6.45) is -0.871. The molecule has 0 aliphatic heterocycles. The molecule has 33 heavy (non-hydrogen) atoms. The molecule has 1 atom stereocenters. The molecule has 0 fully saturated rings. The Morgan fingerprint density at radius 2 is 1.67 bits per heavy atom. The number of rotatable bonds is 7. The fourth-order valence-corrected chi connectivity index (χ4v) is 4.77. The Morgan fingerprint density at radius 1 is 1.06 bits per heavy atom. The van der Waals surface area contributed by atoms with Crippen LogP contribution in [-0.2, 0) is 14.9 Å². The number of ether oxygens (including phenoxy) is 1. The van der Waals surface area contributed by atoms with Crippen LogP contribution in [0.4, 0.5) is 9.18 Å². The Kier molecular flexibility index (Phi) is 6.51. The minimum absolute atomic E-state index is 0.0219. The van der Waals surface area contributed by atoms with Crippen LogP contribution in [0.25, 0.3) is 11.1 Å². The van der Waals surface area contributed by atoms with Gasteiger partial charge in [-0.15, -0.1) is 0 Å². The molecule has 0 bridgehead atoms. The average Bonchev–Trinajstić information content (AvgIpc) is 3.11. The fraction of sp³-hybridized carbons (Fsp3) is 0.231. The van der Waals surface area contributed by atoms with E-state index in [4.69, 9.17) is 4.74 Å². The number of halogens is 2. The van der Waals surface area contributed by atoms with E-state index in [1.807, 2.05) is 36.4 Å². The van der Waals surface area contributed by atoms with Gasteiger partial charge in [0.15, 0.2) is 0 Å². The third-order valence-electron chi connectivity index (χ3n) is 6.12. The second kappa shape index (κ2) is 9.35. The molecule has 2 N–H and O–H groups in total. The van der Waals surface area contributed by atoms with E-state index in [0.29, 0.717) is 5.56 Å². The zero-order valence-electron chi connectivity index (χ0n) is 18.0. The van der Waals surface area contributed by atoms with Crippen molar-refractivity contribution in [3.8, 4) is 11.1 Å². The Balaban J connectivity index is 1.45. The van der Waals surface area contributed by atoms with Crippen molar-refractivity contribution in [1.82, 2.24) is 5.32 Å². The van der Waals surface area contributed by atoms with Crippen molar-refractivity contribution in [2.45, 2.75) is 24.7 Å². The van der Waals surface area contributed by atoms with Gasteiger partial charge in [0.25, 0.3) is 0 Å². The summed E-state index contributed by atoms with van der Waals surface area (Å²) >= 11 is 3.14. The lowest BCUT2D eigenvalue weighted by molar-refractivity contribution is -0.138. The second-order valence-corrected chi connectivity index (χ2v) is 9.29. The molecular formula is C26H23BrFNO4. The zero-order valence-corrected chi connectivity index (χ0v) is 19.6. The Morgan fingerprint density at radius 3 is 2.24 bits per heavy atom. The molecule has 1 aliphatic rings. The normalized spacial score (nSPS) is 14.2. The SMILES string of the molecule is CC(CNC(=O)OCC1c2ccccc2-c2ccccc21)(CC(=O)O)c1ccc(F)c(Br)c1. The first-order chi connectivity index (χ1) is 15.8. The molecule has 1 unspecified atom stereocenters. The van der Waals surface area contributed by atoms with Crippen molar-refractivity contribution in [2.75, 3.05) is 13.2 Å². The molecule has 0 saturated carbocycles. The van der Waals surface area contributed by atoms with Gasteiger partial charge in [0.2, 0.25) is 0 Å². The molecule has 0 spiro atoms. The van der Waals surface area contributed by atoms with Gasteiger partial charge in [-0.3, -0.25) is 4.79 Å². The summed E-state index contributed by atoms with van der Waals surface area (Å²) in [6, 6.07) is 20.5. The molecule has 170 valence electrons. The van der Waals surface area contributed by atoms with Crippen molar-refractivity contribution < 1.29 is 23.8 Å². The highest BCUT2D eigenvalue weighted by Crippen LogP contribution is 2.44. The van der Waals surface area contributed by atoms with Crippen LogP contribution >= 0.6 is 15.9 Å². The van der Waals surface area contributed by atoms with Crippen molar-refractivity contribution >= 4 is 28.0 Å². The predicted octanol–water partition coefficient (Wildman–Crippen LogP) is 5.86. The van der Waals surface area contributed by atoms with E-state index < -0.39 is 23.3 Å². The summed E-state index contributed by atoms with van der Waals surface area (Å²) in [5.41, 5.74) is 4.14. The molecule has 4 rings (SSSR count). The number of aliphatic carboxylic acids is 1. The quantitative estimate of drug-likeness (QED) is 0.416. The molecule has 5 nitrogen and oxygen atoms in total. The Hall–Kier alpha value is -3.19. The van der Waals surface area contributed by atoms with Crippen LogP contribution in [0.15, 0.2) is 71.2 Å². The summed E-state index contributed by atoms with van der Waals surface area (Å²) in [5, 5.41) is 12.1. The largest absolute Gasteiger partial charge is 0.481 e. The number of hydrogen-bond acceptors (Lipinski definition) is 3. The summed E-state index contributed by atoms with van der Waals surface area (Å²) in [4.78, 5) is 24.0. The van der Waals surface area contributed by atoms with Gasteiger partial charge in [-0.25, -0.2) is 9.18 Å². The Bertz CT molecular complexity index is 1170. The molecule has 1 amide bonds. The molecule has 0 heterocycles. The minimum atomic E-state index is -1.02. The van der Waals surface area contributed by atoms with Gasteiger partial charge in [0.05, 0.1) is 10.9 Å². The number of carboxylic acid groups (broad SMARTS) is 1. The molecule has 7 heteroatoms. The lowest BCUT2D eigenvalue weighted by Gasteiger charge is -2.29. The molecular weight excluding hydrogens is 489 g/mol. The third kappa shape index (κ3) is 4.78. The number of carboxylic acids is 1. The molecule has 0 radical (unpaired) electrons. The van der Waals surface area contributed by atoms with Gasteiger partial charge in [-0.05, 0) is 55.9 Å². The standard InChI is InChI=1S/C26H23BrFNO4/c1-26(13-24(30)31,16-10-11-23(28)22(27)12-16)15-29-25(32)33-14-21-19-8-4-2-6-17(19)18-7-3-5-9-20(18)21/h2-12,21H,13-15H2,1H3,(H,29,32)(H,30,31). The van der Waals surface area contributed by atoms with Crippen LogP contribution in [0.3, 0.4) is 0 Å². The van der Waals surface area contributed by atoms with Crippen molar-refractivity contribution in [1.29, 1.82) is 0 Å². The van der Waals surface area contributed by atoms with Gasteiger partial charge < -0.3 is 15.2 Å². The lowest BCUT2D eigenvalue weighted by atomic mass is 9.79. The summed E-state index contributed by atoms with van der Waals surface area (Å²) < 4.78 is 19.5. The first-order valence-corrected chi connectivity index (χ1v) is 11.3. The van der Waals surface area contributed by atoms with Crippen LogP contribution < -0.4 is 5.32 Å². The van der Waals surface area contributed by atoms with E-state index in [1.165, 1.54) is 18.2 Å². The number of carbonyl (C=O) groups excluding carboxylic acids is 1. The van der Waals surface area contributed by atoms with Crippen LogP contribution in [0, 0.1) is 5.82 Å². The average molecular weight is 512 g/mol. The highest BCUT2D eigenvalue weighted by molar-refractivity contribution is 9.10. The van der Waals surface area contributed by atoms with Gasteiger partial charge in [-0.1, -0.05) is 61.5 Å². The highest BCUT2D eigenvalue weighted by Gasteiger charge is 2.32. The number of hydrogen-bond donors (Lipinski definition) is 2. The maximum absolute atomic E-state index is 13.7. The number of alkyl carbamates (subject to hydrolysis) is 1. The zero-order chi connectivity index (χ0) is 23.6. The van der Waals surface area contributed by atoms with Crippen LogP contribution in [0.2, 0.25) is 0 Å². The van der Waals surface area contributed by atoms with Gasteiger partial charge in [0.1, 0.15) is 12.4 Å². The van der Waals surface area contributed by atoms with E-state index in [1.54, 1.807) is 6.92 Å². The molecule has 0 aromatic heterocycles. The van der Waals surface area contributed by atoms with E-state index in [2.05, 4.69) is 33.4 Å². The van der Waals surface area contributed by atoms with Gasteiger partial charge in [-0.2, -0.15) is 0 Å². The van der Waals surface area contributed by atoms with Crippen LogP contribution in [-0.4, -0.2) is 30.3 Å². The van der Waals surface area contributed by atoms with Crippen molar-refractivity contribution in [3.05, 3.63) is 93.7 Å².